The van der Waals surface area contributed by atoms with Gasteiger partial charge >= 0.3 is 0 Å². The molecule has 1 nitrogen and oxygen atoms in total. The summed E-state index contributed by atoms with van der Waals surface area (Å²) in [6, 6.07) is 0. The summed E-state index contributed by atoms with van der Waals surface area (Å²) in [7, 11) is 0. The first kappa shape index (κ1) is 16.0. The van der Waals surface area contributed by atoms with Crippen molar-refractivity contribution in [1.29, 1.82) is 0 Å². The standard InChI is InChI=1S/C15H31O/c1-5-6-7-8-9-10-11-12-13-16-14-15(2,3)4/h13H,5-12,14H2,1-4H3. The van der Waals surface area contributed by atoms with Crippen LogP contribution in [0.25, 0.3) is 0 Å². The van der Waals surface area contributed by atoms with Gasteiger partial charge in [0.1, 0.15) is 0 Å². The average molecular weight is 227 g/mol. The second-order valence-corrected chi connectivity index (χ2v) is 5.95. The third-order valence-electron chi connectivity index (χ3n) is 2.56. The molecule has 1 heteroatoms. The number of ether oxygens (including phenoxy) is 1. The molecule has 0 saturated carbocycles. The molecule has 0 aliphatic rings. The molecule has 0 heterocycles. The van der Waals surface area contributed by atoms with Crippen LogP contribution >= 0.6 is 0 Å². The predicted octanol–water partition coefficient (Wildman–Crippen LogP) is 5.35. The topological polar surface area (TPSA) is 9.23 Å². The lowest BCUT2D eigenvalue weighted by molar-refractivity contribution is 0.113. The van der Waals surface area contributed by atoms with Gasteiger partial charge in [-0.15, -0.1) is 0 Å². The van der Waals surface area contributed by atoms with Gasteiger partial charge in [-0.1, -0.05) is 72.6 Å². The van der Waals surface area contributed by atoms with Gasteiger partial charge in [0.15, 0.2) is 0 Å². The smallest absolute Gasteiger partial charge is 0.0836 e. The van der Waals surface area contributed by atoms with Gasteiger partial charge < -0.3 is 4.74 Å². The van der Waals surface area contributed by atoms with Crippen LogP contribution in [0.15, 0.2) is 0 Å². The van der Waals surface area contributed by atoms with Crippen molar-refractivity contribution in [1.82, 2.24) is 0 Å². The van der Waals surface area contributed by atoms with E-state index in [0.29, 0.717) is 0 Å². The Hall–Kier alpha value is -0.0400. The van der Waals surface area contributed by atoms with E-state index in [4.69, 9.17) is 4.74 Å². The zero-order chi connectivity index (χ0) is 12.3. The molecule has 0 aromatic heterocycles. The molecule has 0 fully saturated rings. The lowest BCUT2D eigenvalue weighted by Crippen LogP contribution is -2.13. The van der Waals surface area contributed by atoms with Crippen molar-refractivity contribution in [2.75, 3.05) is 6.61 Å². The predicted molar refractivity (Wildman–Crippen MR) is 72.3 cm³/mol. The summed E-state index contributed by atoms with van der Waals surface area (Å²) >= 11 is 0. The van der Waals surface area contributed by atoms with Crippen molar-refractivity contribution < 1.29 is 4.74 Å². The van der Waals surface area contributed by atoms with Crippen LogP contribution in [0.5, 0.6) is 0 Å². The molecule has 0 aromatic carbocycles. The van der Waals surface area contributed by atoms with E-state index in [9.17, 15) is 0 Å². The van der Waals surface area contributed by atoms with Crippen LogP contribution in [0.4, 0.5) is 0 Å². The van der Waals surface area contributed by atoms with E-state index in [-0.39, 0.29) is 5.41 Å². The van der Waals surface area contributed by atoms with E-state index in [2.05, 4.69) is 27.7 Å². The normalized spacial score (nSPS) is 12.0. The highest BCUT2D eigenvalue weighted by Gasteiger charge is 2.09. The van der Waals surface area contributed by atoms with Crippen LogP contribution in [0.2, 0.25) is 0 Å². The number of rotatable bonds is 10. The van der Waals surface area contributed by atoms with Gasteiger partial charge in [0, 0.05) is 0 Å². The largest absolute Gasteiger partial charge is 0.375 e. The van der Waals surface area contributed by atoms with Crippen molar-refractivity contribution in [2.24, 2.45) is 5.41 Å². The van der Waals surface area contributed by atoms with Crippen molar-refractivity contribution in [3.05, 3.63) is 6.61 Å². The van der Waals surface area contributed by atoms with Gasteiger partial charge in [0.05, 0.1) is 13.2 Å². The third kappa shape index (κ3) is 14.0. The molecule has 0 atom stereocenters. The van der Waals surface area contributed by atoms with Crippen LogP contribution in [0.1, 0.15) is 79.1 Å². The molecular weight excluding hydrogens is 196 g/mol. The lowest BCUT2D eigenvalue weighted by atomic mass is 9.99. The molecule has 0 unspecified atom stereocenters. The average Bonchev–Trinajstić information content (AvgIpc) is 2.19. The van der Waals surface area contributed by atoms with Crippen molar-refractivity contribution >= 4 is 0 Å². The number of unbranched alkanes of at least 4 members (excludes halogenated alkanes) is 7. The highest BCUT2D eigenvalue weighted by Crippen LogP contribution is 2.15. The van der Waals surface area contributed by atoms with Crippen LogP contribution < -0.4 is 0 Å². The monoisotopic (exact) mass is 227 g/mol. The van der Waals surface area contributed by atoms with Crippen molar-refractivity contribution in [3.63, 3.8) is 0 Å². The van der Waals surface area contributed by atoms with Crippen LogP contribution in [0.3, 0.4) is 0 Å². The Bertz CT molecular complexity index is 135. The molecule has 0 spiro atoms. The molecule has 0 amide bonds. The minimum absolute atomic E-state index is 0.288. The maximum atomic E-state index is 5.52. The zero-order valence-electron chi connectivity index (χ0n) is 11.8. The van der Waals surface area contributed by atoms with E-state index in [1.54, 1.807) is 0 Å². The molecule has 0 aliphatic carbocycles. The molecule has 97 valence electrons. The molecule has 0 aromatic rings. The minimum atomic E-state index is 0.288. The Morgan fingerprint density at radius 2 is 1.44 bits per heavy atom. The molecule has 16 heavy (non-hydrogen) atoms. The summed E-state index contributed by atoms with van der Waals surface area (Å²) in [5.74, 6) is 0. The summed E-state index contributed by atoms with van der Waals surface area (Å²) < 4.78 is 5.52. The van der Waals surface area contributed by atoms with E-state index in [1.165, 1.54) is 44.9 Å². The Labute approximate surface area is 103 Å². The Morgan fingerprint density at radius 1 is 0.875 bits per heavy atom. The Morgan fingerprint density at radius 3 is 2.00 bits per heavy atom. The number of hydrogen-bond donors (Lipinski definition) is 0. The zero-order valence-corrected chi connectivity index (χ0v) is 11.8. The van der Waals surface area contributed by atoms with E-state index in [1.807, 2.05) is 6.61 Å². The Kier molecular flexibility index (Phi) is 10.1. The molecule has 1 radical (unpaired) electrons. The van der Waals surface area contributed by atoms with Gasteiger partial charge in [0.25, 0.3) is 0 Å². The van der Waals surface area contributed by atoms with Gasteiger partial charge in [-0.3, -0.25) is 0 Å². The minimum Gasteiger partial charge on any atom is -0.375 e. The van der Waals surface area contributed by atoms with E-state index in [0.717, 1.165) is 13.0 Å². The Balaban J connectivity index is 2.99. The second kappa shape index (κ2) is 10.1. The highest BCUT2D eigenvalue weighted by molar-refractivity contribution is 4.61. The fourth-order valence-electron chi connectivity index (χ4n) is 1.58. The SMILES string of the molecule is CCCCCCCCC[CH]OCC(C)(C)C. The van der Waals surface area contributed by atoms with Crippen LogP contribution in [-0.4, -0.2) is 6.61 Å². The van der Waals surface area contributed by atoms with E-state index < -0.39 is 0 Å². The van der Waals surface area contributed by atoms with Gasteiger partial charge in [-0.05, 0) is 11.8 Å². The summed E-state index contributed by atoms with van der Waals surface area (Å²) in [4.78, 5) is 0. The maximum Gasteiger partial charge on any atom is 0.0836 e. The van der Waals surface area contributed by atoms with Gasteiger partial charge in [-0.25, -0.2) is 0 Å². The lowest BCUT2D eigenvalue weighted by Gasteiger charge is -2.17. The highest BCUT2D eigenvalue weighted by atomic mass is 16.5. The van der Waals surface area contributed by atoms with E-state index >= 15 is 0 Å². The first-order valence-corrected chi connectivity index (χ1v) is 6.99. The number of hydrogen-bond acceptors (Lipinski definition) is 1. The van der Waals surface area contributed by atoms with Crippen molar-refractivity contribution in [2.45, 2.75) is 79.1 Å². The molecule has 0 bridgehead atoms. The fraction of sp³-hybridized carbons (Fsp3) is 0.933. The third-order valence-corrected chi connectivity index (χ3v) is 2.56. The molecular formula is C15H31O. The van der Waals surface area contributed by atoms with Crippen LogP contribution in [0, 0.1) is 12.0 Å². The van der Waals surface area contributed by atoms with Crippen LogP contribution in [-0.2, 0) is 4.74 Å². The molecule has 0 aliphatic heterocycles. The molecule has 0 N–H and O–H groups in total. The second-order valence-electron chi connectivity index (χ2n) is 5.95. The summed E-state index contributed by atoms with van der Waals surface area (Å²) in [6.07, 6.45) is 10.7. The molecule has 0 saturated heterocycles. The summed E-state index contributed by atoms with van der Waals surface area (Å²) in [5, 5.41) is 0. The summed E-state index contributed by atoms with van der Waals surface area (Å²) in [6.45, 7) is 11.7. The fourth-order valence-corrected chi connectivity index (χ4v) is 1.58. The summed E-state index contributed by atoms with van der Waals surface area (Å²) in [5.41, 5.74) is 0.288. The maximum absolute atomic E-state index is 5.52. The first-order chi connectivity index (χ1) is 7.56. The van der Waals surface area contributed by atoms with Gasteiger partial charge in [-0.2, -0.15) is 0 Å². The molecule has 0 rings (SSSR count). The first-order valence-electron chi connectivity index (χ1n) is 6.99. The van der Waals surface area contributed by atoms with Crippen molar-refractivity contribution in [3.8, 4) is 0 Å². The quantitative estimate of drug-likeness (QED) is 0.457. The van der Waals surface area contributed by atoms with Gasteiger partial charge in [0.2, 0.25) is 0 Å².